The molecule has 4 N–H and O–H groups in total. The molecule has 0 aliphatic carbocycles. The van der Waals surface area contributed by atoms with Crippen LogP contribution in [0.1, 0.15) is 69.8 Å². The van der Waals surface area contributed by atoms with E-state index in [2.05, 4.69) is 34.4 Å². The standard InChI is InChI=1S/C24H35N5O2S/c1-4-28(5-2)15-18-10-9-11-19(14-18)22(30)26-24-21(23(31)27-25)17(3)20(32-24)16-29-12-7-6-8-13-29/h9-11,14H,4-8,12-13,15-16,25H2,1-3H3,(H,26,30)(H,27,31). The number of nitrogens with one attached hydrogen (secondary N) is 2. The lowest BCUT2D eigenvalue weighted by Gasteiger charge is -2.26. The second-order valence-electron chi connectivity index (χ2n) is 8.28. The lowest BCUT2D eigenvalue weighted by Crippen LogP contribution is -2.31. The zero-order valence-corrected chi connectivity index (χ0v) is 20.2. The predicted molar refractivity (Wildman–Crippen MR) is 131 cm³/mol. The first-order valence-corrected chi connectivity index (χ1v) is 12.3. The first kappa shape index (κ1) is 24.4. The Morgan fingerprint density at radius 2 is 1.84 bits per heavy atom. The van der Waals surface area contributed by atoms with E-state index in [1.54, 1.807) is 6.07 Å². The van der Waals surface area contributed by atoms with Crippen LogP contribution in [-0.4, -0.2) is 47.8 Å². The molecule has 0 spiro atoms. The van der Waals surface area contributed by atoms with Gasteiger partial charge in [-0.2, -0.15) is 0 Å². The molecule has 174 valence electrons. The van der Waals surface area contributed by atoms with E-state index in [9.17, 15) is 9.59 Å². The Balaban J connectivity index is 1.81. The van der Waals surface area contributed by atoms with Crippen molar-refractivity contribution >= 4 is 28.2 Å². The van der Waals surface area contributed by atoms with Crippen LogP contribution in [0.25, 0.3) is 0 Å². The number of hydrogen-bond donors (Lipinski definition) is 3. The number of nitrogens with two attached hydrogens (primary N) is 1. The van der Waals surface area contributed by atoms with E-state index < -0.39 is 0 Å². The van der Waals surface area contributed by atoms with Crippen LogP contribution in [0.3, 0.4) is 0 Å². The third kappa shape index (κ3) is 5.95. The van der Waals surface area contributed by atoms with Gasteiger partial charge in [-0.15, -0.1) is 11.3 Å². The zero-order valence-electron chi connectivity index (χ0n) is 19.4. The van der Waals surface area contributed by atoms with Crippen molar-refractivity contribution in [3.05, 3.63) is 51.4 Å². The molecule has 1 aromatic carbocycles. The number of hydrazine groups is 1. The molecule has 32 heavy (non-hydrogen) atoms. The number of piperidine rings is 1. The van der Waals surface area contributed by atoms with E-state index in [1.165, 1.54) is 30.6 Å². The number of carbonyl (C=O) groups excluding carboxylic acids is 2. The van der Waals surface area contributed by atoms with Gasteiger partial charge >= 0.3 is 0 Å². The quantitative estimate of drug-likeness (QED) is 0.303. The van der Waals surface area contributed by atoms with E-state index in [0.29, 0.717) is 16.1 Å². The van der Waals surface area contributed by atoms with Crippen LogP contribution in [0.5, 0.6) is 0 Å². The largest absolute Gasteiger partial charge is 0.313 e. The van der Waals surface area contributed by atoms with E-state index in [0.717, 1.165) is 55.3 Å². The van der Waals surface area contributed by atoms with Crippen molar-refractivity contribution in [1.82, 2.24) is 15.2 Å². The molecule has 3 rings (SSSR count). The number of likely N-dealkylation sites (tertiary alicyclic amines) is 1. The summed E-state index contributed by atoms with van der Waals surface area (Å²) in [5, 5.41) is 3.53. The number of rotatable bonds is 9. The lowest BCUT2D eigenvalue weighted by molar-refractivity contribution is 0.0954. The number of nitrogen functional groups attached to an aromatic ring is 1. The second-order valence-corrected chi connectivity index (χ2v) is 9.39. The number of thiophene rings is 1. The molecular formula is C24H35N5O2S. The van der Waals surface area contributed by atoms with E-state index in [1.807, 2.05) is 25.1 Å². The first-order valence-electron chi connectivity index (χ1n) is 11.4. The van der Waals surface area contributed by atoms with Gasteiger partial charge in [0.05, 0.1) is 5.56 Å². The molecule has 0 unspecified atom stereocenters. The minimum atomic E-state index is -0.380. The highest BCUT2D eigenvalue weighted by atomic mass is 32.1. The highest BCUT2D eigenvalue weighted by Crippen LogP contribution is 2.34. The van der Waals surface area contributed by atoms with Gasteiger partial charge in [0.15, 0.2) is 0 Å². The van der Waals surface area contributed by atoms with Gasteiger partial charge in [-0.05, 0) is 69.2 Å². The monoisotopic (exact) mass is 457 g/mol. The van der Waals surface area contributed by atoms with Gasteiger partial charge in [-0.1, -0.05) is 32.4 Å². The zero-order chi connectivity index (χ0) is 23.1. The summed E-state index contributed by atoms with van der Waals surface area (Å²) >= 11 is 1.47. The van der Waals surface area contributed by atoms with E-state index >= 15 is 0 Å². The van der Waals surface area contributed by atoms with Gasteiger partial charge in [-0.25, -0.2) is 5.84 Å². The molecule has 0 saturated carbocycles. The molecule has 8 heteroatoms. The van der Waals surface area contributed by atoms with E-state index in [-0.39, 0.29) is 11.8 Å². The van der Waals surface area contributed by atoms with Gasteiger partial charge in [0.2, 0.25) is 0 Å². The minimum absolute atomic E-state index is 0.219. The molecule has 0 bridgehead atoms. The molecular weight excluding hydrogens is 422 g/mol. The molecule has 0 radical (unpaired) electrons. The van der Waals surface area contributed by atoms with Crippen molar-refractivity contribution in [1.29, 1.82) is 0 Å². The Hall–Kier alpha value is -2.26. The molecule has 2 aromatic rings. The summed E-state index contributed by atoms with van der Waals surface area (Å²) in [4.78, 5) is 31.4. The summed E-state index contributed by atoms with van der Waals surface area (Å²) in [5.41, 5.74) is 5.25. The Morgan fingerprint density at radius 1 is 1.12 bits per heavy atom. The fourth-order valence-electron chi connectivity index (χ4n) is 4.16. The maximum atomic E-state index is 13.1. The highest BCUT2D eigenvalue weighted by molar-refractivity contribution is 7.17. The van der Waals surface area contributed by atoms with Gasteiger partial charge in [0.1, 0.15) is 5.00 Å². The molecule has 0 atom stereocenters. The maximum absolute atomic E-state index is 13.1. The first-order chi connectivity index (χ1) is 15.5. The molecule has 1 aliphatic heterocycles. The topological polar surface area (TPSA) is 90.7 Å². The van der Waals surface area contributed by atoms with Crippen molar-refractivity contribution < 1.29 is 9.59 Å². The summed E-state index contributed by atoms with van der Waals surface area (Å²) in [6.07, 6.45) is 3.68. The maximum Gasteiger partial charge on any atom is 0.268 e. The number of benzene rings is 1. The fourth-order valence-corrected chi connectivity index (χ4v) is 5.40. The third-order valence-corrected chi connectivity index (χ3v) is 7.33. The number of anilines is 1. The molecule has 1 fully saturated rings. The molecule has 7 nitrogen and oxygen atoms in total. The smallest absolute Gasteiger partial charge is 0.268 e. The van der Waals surface area contributed by atoms with E-state index in [4.69, 9.17) is 5.84 Å². The number of hydrogen-bond acceptors (Lipinski definition) is 6. The lowest BCUT2D eigenvalue weighted by atomic mass is 10.1. The van der Waals surface area contributed by atoms with Crippen LogP contribution in [0, 0.1) is 6.92 Å². The van der Waals surface area contributed by atoms with Crippen molar-refractivity contribution in [2.45, 2.75) is 53.1 Å². The summed E-state index contributed by atoms with van der Waals surface area (Å²) in [6.45, 7) is 11.8. The van der Waals surface area contributed by atoms with Crippen LogP contribution < -0.4 is 16.6 Å². The van der Waals surface area contributed by atoms with Crippen molar-refractivity contribution in [2.75, 3.05) is 31.5 Å². The van der Waals surface area contributed by atoms with Crippen LogP contribution >= 0.6 is 11.3 Å². The number of nitrogens with zero attached hydrogens (tertiary/aromatic N) is 2. The SMILES string of the molecule is CCN(CC)Cc1cccc(C(=O)Nc2sc(CN3CCCCC3)c(C)c2C(=O)NN)c1. The molecule has 1 aliphatic rings. The van der Waals surface area contributed by atoms with Crippen LogP contribution in [0.15, 0.2) is 24.3 Å². The summed E-state index contributed by atoms with van der Waals surface area (Å²) in [5.74, 6) is 4.85. The van der Waals surface area contributed by atoms with Crippen molar-refractivity contribution in [3.8, 4) is 0 Å². The van der Waals surface area contributed by atoms with Crippen LogP contribution in [0.4, 0.5) is 5.00 Å². The van der Waals surface area contributed by atoms with Crippen LogP contribution in [-0.2, 0) is 13.1 Å². The highest BCUT2D eigenvalue weighted by Gasteiger charge is 2.24. The molecule has 2 heterocycles. The minimum Gasteiger partial charge on any atom is -0.313 e. The third-order valence-electron chi connectivity index (χ3n) is 6.14. The predicted octanol–water partition coefficient (Wildman–Crippen LogP) is 3.74. The summed E-state index contributed by atoms with van der Waals surface area (Å²) in [6, 6.07) is 7.67. The van der Waals surface area contributed by atoms with Crippen molar-refractivity contribution in [3.63, 3.8) is 0 Å². The summed E-state index contributed by atoms with van der Waals surface area (Å²) in [7, 11) is 0. The molecule has 1 saturated heterocycles. The summed E-state index contributed by atoms with van der Waals surface area (Å²) < 4.78 is 0. The molecule has 2 amide bonds. The fraction of sp³-hybridized carbons (Fsp3) is 0.500. The Labute approximate surface area is 194 Å². The van der Waals surface area contributed by atoms with Gasteiger partial charge in [0, 0.05) is 23.5 Å². The van der Waals surface area contributed by atoms with Crippen LogP contribution in [0.2, 0.25) is 0 Å². The second kappa shape index (κ2) is 11.6. The van der Waals surface area contributed by atoms with Gasteiger partial charge in [-0.3, -0.25) is 24.8 Å². The number of carbonyl (C=O) groups is 2. The average molecular weight is 458 g/mol. The Morgan fingerprint density at radius 3 is 2.50 bits per heavy atom. The average Bonchev–Trinajstić information content (AvgIpc) is 3.12. The van der Waals surface area contributed by atoms with Gasteiger partial charge < -0.3 is 5.32 Å². The van der Waals surface area contributed by atoms with Gasteiger partial charge in [0.25, 0.3) is 11.8 Å². The Bertz CT molecular complexity index is 932. The van der Waals surface area contributed by atoms with Crippen molar-refractivity contribution in [2.24, 2.45) is 5.84 Å². The number of amides is 2. The Kier molecular flexibility index (Phi) is 8.81. The molecule has 1 aromatic heterocycles. The normalized spacial score (nSPS) is 14.5.